The number of carboxylic acids is 1. The largest absolute Gasteiger partial charge is 0.479 e. The highest BCUT2D eigenvalue weighted by Crippen LogP contribution is 2.54. The van der Waals surface area contributed by atoms with Gasteiger partial charge in [0.25, 0.3) is 0 Å². The lowest BCUT2D eigenvalue weighted by Gasteiger charge is -2.28. The number of hydrogen-bond acceptors (Lipinski definition) is 6. The Morgan fingerprint density at radius 3 is 2.57 bits per heavy atom. The highest BCUT2D eigenvalue weighted by atomic mass is 35.5. The minimum atomic E-state index is -1.14. The van der Waals surface area contributed by atoms with Crippen LogP contribution in [0.1, 0.15) is 48.9 Å². The van der Waals surface area contributed by atoms with Crippen LogP contribution >= 0.6 is 23.4 Å². The van der Waals surface area contributed by atoms with E-state index in [1.165, 1.54) is 0 Å². The van der Waals surface area contributed by atoms with Crippen molar-refractivity contribution in [3.05, 3.63) is 70.2 Å². The maximum atomic E-state index is 12.5. The average Bonchev–Trinajstić information content (AvgIpc) is 3.37. The summed E-state index contributed by atoms with van der Waals surface area (Å²) < 4.78 is 7.88. The Bertz CT molecular complexity index is 1530. The SMILES string of the molecule is Cc1cc2c(c(-c3ccc(Cl)cc3)c1[C@H](OC(C)(C)C)C(=O)O)SC(c1ccc3c(c1)c(N)nn3C)N2. The van der Waals surface area contributed by atoms with Crippen LogP contribution in [0.5, 0.6) is 0 Å². The Balaban J connectivity index is 1.66. The number of aryl methyl sites for hydroxylation is 2. The zero-order valence-corrected chi connectivity index (χ0v) is 22.9. The lowest BCUT2D eigenvalue weighted by molar-refractivity contribution is -0.160. The summed E-state index contributed by atoms with van der Waals surface area (Å²) in [4.78, 5) is 13.5. The van der Waals surface area contributed by atoms with Crippen LogP contribution in [0, 0.1) is 6.92 Å². The molecule has 0 radical (unpaired) electrons. The van der Waals surface area contributed by atoms with Gasteiger partial charge in [-0.3, -0.25) is 4.68 Å². The van der Waals surface area contributed by atoms with E-state index in [2.05, 4.69) is 22.5 Å². The molecule has 4 aromatic rings. The van der Waals surface area contributed by atoms with Gasteiger partial charge < -0.3 is 20.9 Å². The van der Waals surface area contributed by atoms with Gasteiger partial charge in [-0.25, -0.2) is 4.79 Å². The number of rotatable bonds is 5. The van der Waals surface area contributed by atoms with Gasteiger partial charge in [-0.05, 0) is 74.7 Å². The molecule has 0 saturated heterocycles. The minimum absolute atomic E-state index is 0.0912. The van der Waals surface area contributed by atoms with Crippen molar-refractivity contribution in [3.63, 3.8) is 0 Å². The van der Waals surface area contributed by atoms with Crippen molar-refractivity contribution in [1.82, 2.24) is 9.78 Å². The Labute approximate surface area is 224 Å². The molecule has 5 rings (SSSR count). The van der Waals surface area contributed by atoms with Crippen molar-refractivity contribution in [1.29, 1.82) is 0 Å². The number of hydrogen-bond donors (Lipinski definition) is 3. The molecule has 0 amide bonds. The predicted molar refractivity (Wildman–Crippen MR) is 150 cm³/mol. The van der Waals surface area contributed by atoms with Crippen molar-refractivity contribution < 1.29 is 14.6 Å². The Morgan fingerprint density at radius 2 is 1.92 bits per heavy atom. The van der Waals surface area contributed by atoms with Gasteiger partial charge in [0.2, 0.25) is 0 Å². The van der Waals surface area contributed by atoms with Gasteiger partial charge in [-0.2, -0.15) is 5.10 Å². The second-order valence-corrected chi connectivity index (χ2v) is 11.8. The number of fused-ring (bicyclic) bond motifs is 2. The lowest BCUT2D eigenvalue weighted by Crippen LogP contribution is -2.28. The molecule has 1 aromatic heterocycles. The number of halogens is 1. The standard InChI is InChI=1S/C28H29ClN4O3S/c1-14-12-19-24(37-26(31-19)16-8-11-20-18(13-16)25(30)32-33(20)5)22(15-6-9-17(29)10-7-15)21(14)23(27(34)35)36-28(2,3)4/h6-13,23,26,31H,1-5H3,(H2,30,32)(H,34,35)/t23-,26?/m0/s1. The van der Waals surface area contributed by atoms with Crippen molar-refractivity contribution in [3.8, 4) is 11.1 Å². The smallest absolute Gasteiger partial charge is 0.337 e. The van der Waals surface area contributed by atoms with E-state index in [4.69, 9.17) is 22.1 Å². The lowest BCUT2D eigenvalue weighted by atomic mass is 9.90. The number of nitrogens with one attached hydrogen (secondary N) is 1. The molecule has 37 heavy (non-hydrogen) atoms. The number of nitrogen functional groups attached to an aromatic ring is 1. The third-order valence-corrected chi connectivity index (χ3v) is 7.88. The van der Waals surface area contributed by atoms with Crippen molar-refractivity contribution in [2.45, 2.75) is 49.7 Å². The molecule has 9 heteroatoms. The molecule has 1 unspecified atom stereocenters. The molecular formula is C28H29ClN4O3S. The average molecular weight is 537 g/mol. The van der Waals surface area contributed by atoms with Gasteiger partial charge in [0.05, 0.1) is 11.1 Å². The number of nitrogens with two attached hydrogens (primary N) is 1. The molecule has 2 atom stereocenters. The van der Waals surface area contributed by atoms with Gasteiger partial charge in [-0.1, -0.05) is 41.6 Å². The van der Waals surface area contributed by atoms with E-state index in [0.717, 1.165) is 43.7 Å². The summed E-state index contributed by atoms with van der Waals surface area (Å²) in [6, 6.07) is 15.6. The van der Waals surface area contributed by atoms with Gasteiger partial charge in [0.1, 0.15) is 5.37 Å². The van der Waals surface area contributed by atoms with E-state index in [1.54, 1.807) is 16.4 Å². The number of carbonyl (C=O) groups is 1. The van der Waals surface area contributed by atoms with E-state index in [1.807, 2.05) is 71.1 Å². The van der Waals surface area contributed by atoms with E-state index >= 15 is 0 Å². The van der Waals surface area contributed by atoms with E-state index in [9.17, 15) is 9.90 Å². The normalized spacial score (nSPS) is 16.0. The number of anilines is 2. The molecule has 7 nitrogen and oxygen atoms in total. The molecule has 3 aromatic carbocycles. The second kappa shape index (κ2) is 9.28. The number of aliphatic carboxylic acids is 1. The number of thioether (sulfide) groups is 1. The number of carboxylic acid groups (broad SMARTS) is 1. The summed E-state index contributed by atoms with van der Waals surface area (Å²) in [6.45, 7) is 7.51. The Kier molecular flexibility index (Phi) is 6.38. The molecule has 0 bridgehead atoms. The maximum Gasteiger partial charge on any atom is 0.337 e. The molecule has 4 N–H and O–H groups in total. The number of nitrogens with zero attached hydrogens (tertiary/aromatic N) is 2. The van der Waals surface area contributed by atoms with Gasteiger partial charge in [0, 0.05) is 39.2 Å². The first-order chi connectivity index (χ1) is 17.4. The van der Waals surface area contributed by atoms with Crippen LogP contribution < -0.4 is 11.1 Å². The summed E-state index contributed by atoms with van der Waals surface area (Å²) >= 11 is 7.85. The maximum absolute atomic E-state index is 12.5. The van der Waals surface area contributed by atoms with Gasteiger partial charge in [0.15, 0.2) is 11.9 Å². The summed E-state index contributed by atoms with van der Waals surface area (Å²) in [7, 11) is 1.87. The minimum Gasteiger partial charge on any atom is -0.479 e. The predicted octanol–water partition coefficient (Wildman–Crippen LogP) is 6.94. The monoisotopic (exact) mass is 536 g/mol. The summed E-state index contributed by atoms with van der Waals surface area (Å²) in [5.41, 5.74) is 11.7. The Morgan fingerprint density at radius 1 is 1.22 bits per heavy atom. The number of benzene rings is 3. The van der Waals surface area contributed by atoms with Crippen LogP contribution in [0.25, 0.3) is 22.0 Å². The van der Waals surface area contributed by atoms with E-state index in [-0.39, 0.29) is 5.37 Å². The zero-order chi connectivity index (χ0) is 26.6. The van der Waals surface area contributed by atoms with Crippen LogP contribution in [0.3, 0.4) is 0 Å². The van der Waals surface area contributed by atoms with Crippen LogP contribution in [-0.2, 0) is 16.6 Å². The van der Waals surface area contributed by atoms with Crippen LogP contribution in [0.15, 0.2) is 53.4 Å². The highest BCUT2D eigenvalue weighted by molar-refractivity contribution is 8.00. The van der Waals surface area contributed by atoms with Gasteiger partial charge in [-0.15, -0.1) is 0 Å². The molecule has 0 saturated carbocycles. The summed E-state index contributed by atoms with van der Waals surface area (Å²) in [5.74, 6) is -0.540. The fourth-order valence-corrected chi connectivity index (χ4v) is 6.21. The summed E-state index contributed by atoms with van der Waals surface area (Å²) in [6.07, 6.45) is -1.14. The van der Waals surface area contributed by atoms with Crippen LogP contribution in [-0.4, -0.2) is 26.5 Å². The first-order valence-electron chi connectivity index (χ1n) is 11.9. The van der Waals surface area contributed by atoms with Crippen LogP contribution in [0.2, 0.25) is 5.02 Å². The van der Waals surface area contributed by atoms with Crippen molar-refractivity contribution >= 4 is 51.7 Å². The third-order valence-electron chi connectivity index (χ3n) is 6.35. The number of aromatic nitrogens is 2. The third kappa shape index (κ3) is 4.77. The van der Waals surface area contributed by atoms with E-state index in [0.29, 0.717) is 16.4 Å². The van der Waals surface area contributed by atoms with Gasteiger partial charge >= 0.3 is 5.97 Å². The molecule has 0 spiro atoms. The quantitative estimate of drug-likeness (QED) is 0.254. The topological polar surface area (TPSA) is 102 Å². The second-order valence-electron chi connectivity index (χ2n) is 10.2. The molecule has 1 aliphatic heterocycles. The number of ether oxygens (including phenoxy) is 1. The van der Waals surface area contributed by atoms with Crippen molar-refractivity contribution in [2.75, 3.05) is 11.1 Å². The summed E-state index contributed by atoms with van der Waals surface area (Å²) in [5, 5.41) is 19.6. The zero-order valence-electron chi connectivity index (χ0n) is 21.3. The highest BCUT2D eigenvalue weighted by Gasteiger charge is 2.35. The molecule has 0 aliphatic carbocycles. The molecule has 2 heterocycles. The van der Waals surface area contributed by atoms with Crippen molar-refractivity contribution in [2.24, 2.45) is 7.05 Å². The van der Waals surface area contributed by atoms with Crippen LogP contribution in [0.4, 0.5) is 11.5 Å². The molecule has 1 aliphatic rings. The molecular weight excluding hydrogens is 508 g/mol. The first kappa shape index (κ1) is 25.4. The fraction of sp³-hybridized carbons (Fsp3) is 0.286. The molecule has 192 valence electrons. The van der Waals surface area contributed by atoms with E-state index < -0.39 is 17.7 Å². The Hall–Kier alpha value is -3.20. The molecule has 0 fully saturated rings. The fourth-order valence-electron chi connectivity index (χ4n) is 4.78. The first-order valence-corrected chi connectivity index (χ1v) is 13.2.